The second-order valence-corrected chi connectivity index (χ2v) is 6.92. The fourth-order valence-corrected chi connectivity index (χ4v) is 4.20. The molecule has 122 valence electrons. The van der Waals surface area contributed by atoms with Gasteiger partial charge in [0.1, 0.15) is 11.0 Å². The summed E-state index contributed by atoms with van der Waals surface area (Å²) in [5, 5.41) is 12.1. The third-order valence-electron chi connectivity index (χ3n) is 4.15. The van der Waals surface area contributed by atoms with E-state index in [4.69, 9.17) is 9.84 Å². The zero-order valence-corrected chi connectivity index (χ0v) is 14.2. The average molecular weight is 332 g/mol. The van der Waals surface area contributed by atoms with Crippen LogP contribution < -0.4 is 10.1 Å². The van der Waals surface area contributed by atoms with Crippen molar-refractivity contribution in [3.63, 3.8) is 0 Å². The zero-order chi connectivity index (χ0) is 16.6. The Morgan fingerprint density at radius 3 is 2.61 bits per heavy atom. The van der Waals surface area contributed by atoms with Gasteiger partial charge in [-0.3, -0.25) is 10.1 Å². The molecule has 1 aliphatic heterocycles. The highest BCUT2D eigenvalue weighted by molar-refractivity contribution is 8.01. The molecule has 1 aromatic heterocycles. The number of nitrogens with zero attached hydrogens (tertiary/aromatic N) is 1. The van der Waals surface area contributed by atoms with E-state index in [2.05, 4.69) is 29.8 Å². The van der Waals surface area contributed by atoms with Crippen LogP contribution >= 0.6 is 11.8 Å². The van der Waals surface area contributed by atoms with Gasteiger partial charge in [-0.15, -0.1) is 11.8 Å². The standard InChI is InChI=1S/C17H20N2O3S/c1-10-8-14(16-18-9-15(23-16)17(20)21)11(2)19(10)12-4-6-13(22-3)7-5-12/h4-8,15-16,18H,9H2,1-3H3,(H,20,21)/t15-,16-/m0/s1. The van der Waals surface area contributed by atoms with Crippen molar-refractivity contribution >= 4 is 17.7 Å². The molecule has 3 rings (SSSR count). The second kappa shape index (κ2) is 6.29. The van der Waals surface area contributed by atoms with Crippen LogP contribution in [0.2, 0.25) is 0 Å². The minimum Gasteiger partial charge on any atom is -0.497 e. The number of carboxylic acid groups (broad SMARTS) is 1. The van der Waals surface area contributed by atoms with E-state index in [1.165, 1.54) is 11.8 Å². The van der Waals surface area contributed by atoms with E-state index in [-0.39, 0.29) is 10.6 Å². The number of aromatic nitrogens is 1. The summed E-state index contributed by atoms with van der Waals surface area (Å²) < 4.78 is 7.39. The van der Waals surface area contributed by atoms with Gasteiger partial charge in [0, 0.05) is 29.2 Å². The van der Waals surface area contributed by atoms with Crippen LogP contribution in [-0.4, -0.2) is 34.5 Å². The summed E-state index contributed by atoms with van der Waals surface area (Å²) in [5.74, 6) is 0.0720. The number of benzene rings is 1. The Morgan fingerprint density at radius 2 is 2.04 bits per heavy atom. The Labute approximate surface area is 139 Å². The summed E-state index contributed by atoms with van der Waals surface area (Å²) >= 11 is 1.47. The van der Waals surface area contributed by atoms with E-state index in [1.54, 1.807) is 7.11 Å². The van der Waals surface area contributed by atoms with E-state index in [0.29, 0.717) is 6.54 Å². The van der Waals surface area contributed by atoms with E-state index in [1.807, 2.05) is 24.3 Å². The highest BCUT2D eigenvalue weighted by atomic mass is 32.2. The molecule has 0 saturated carbocycles. The van der Waals surface area contributed by atoms with Crippen molar-refractivity contribution in [3.8, 4) is 11.4 Å². The Bertz CT molecular complexity index is 724. The van der Waals surface area contributed by atoms with Crippen molar-refractivity contribution in [1.82, 2.24) is 9.88 Å². The monoisotopic (exact) mass is 332 g/mol. The lowest BCUT2D eigenvalue weighted by Gasteiger charge is -2.13. The molecule has 2 N–H and O–H groups in total. The molecule has 1 aromatic carbocycles. The molecular formula is C17H20N2O3S. The van der Waals surface area contributed by atoms with Crippen LogP contribution in [0.4, 0.5) is 0 Å². The van der Waals surface area contributed by atoms with Gasteiger partial charge < -0.3 is 14.4 Å². The highest BCUT2D eigenvalue weighted by Crippen LogP contribution is 2.38. The zero-order valence-electron chi connectivity index (χ0n) is 13.4. The lowest BCUT2D eigenvalue weighted by atomic mass is 10.2. The lowest BCUT2D eigenvalue weighted by Crippen LogP contribution is -2.21. The first-order valence-corrected chi connectivity index (χ1v) is 8.40. The number of carboxylic acids is 1. The smallest absolute Gasteiger partial charge is 0.318 e. The fourth-order valence-electron chi connectivity index (χ4n) is 2.98. The molecule has 1 saturated heterocycles. The van der Waals surface area contributed by atoms with Crippen molar-refractivity contribution in [2.24, 2.45) is 0 Å². The van der Waals surface area contributed by atoms with Gasteiger partial charge in [-0.05, 0) is 44.2 Å². The first kappa shape index (κ1) is 16.0. The summed E-state index contributed by atoms with van der Waals surface area (Å²) in [6.07, 6.45) is 0. The summed E-state index contributed by atoms with van der Waals surface area (Å²) in [5.41, 5.74) is 4.48. The topological polar surface area (TPSA) is 63.5 Å². The summed E-state index contributed by atoms with van der Waals surface area (Å²) in [7, 11) is 1.65. The molecule has 6 heteroatoms. The molecule has 0 amide bonds. The number of rotatable bonds is 4. The first-order chi connectivity index (χ1) is 11.0. The molecule has 5 nitrogen and oxygen atoms in total. The van der Waals surface area contributed by atoms with Crippen molar-refractivity contribution in [3.05, 3.63) is 47.3 Å². The van der Waals surface area contributed by atoms with Crippen molar-refractivity contribution in [2.75, 3.05) is 13.7 Å². The number of carbonyl (C=O) groups is 1. The molecule has 0 spiro atoms. The van der Waals surface area contributed by atoms with Gasteiger partial charge in [0.2, 0.25) is 0 Å². The molecule has 1 fully saturated rings. The molecule has 0 aliphatic carbocycles. The quantitative estimate of drug-likeness (QED) is 0.901. The fraction of sp³-hybridized carbons (Fsp3) is 0.353. The van der Waals surface area contributed by atoms with E-state index in [0.717, 1.165) is 28.4 Å². The second-order valence-electron chi connectivity index (χ2n) is 5.61. The Hall–Kier alpha value is -1.92. The maximum atomic E-state index is 11.1. The Balaban J connectivity index is 1.92. The van der Waals surface area contributed by atoms with Gasteiger partial charge in [-0.2, -0.15) is 0 Å². The minimum absolute atomic E-state index is 0.0225. The Kier molecular flexibility index (Phi) is 4.37. The minimum atomic E-state index is -0.756. The highest BCUT2D eigenvalue weighted by Gasteiger charge is 2.32. The van der Waals surface area contributed by atoms with Crippen LogP contribution in [0.15, 0.2) is 30.3 Å². The largest absolute Gasteiger partial charge is 0.497 e. The molecule has 2 aromatic rings. The van der Waals surface area contributed by atoms with Crippen LogP contribution in [-0.2, 0) is 4.79 Å². The van der Waals surface area contributed by atoms with Gasteiger partial charge in [0.15, 0.2) is 0 Å². The van der Waals surface area contributed by atoms with Crippen LogP contribution in [0.1, 0.15) is 22.3 Å². The number of methoxy groups -OCH3 is 1. The molecule has 0 unspecified atom stereocenters. The normalized spacial score (nSPS) is 20.7. The molecular weight excluding hydrogens is 312 g/mol. The van der Waals surface area contributed by atoms with Crippen molar-refractivity contribution in [2.45, 2.75) is 24.5 Å². The third kappa shape index (κ3) is 2.96. The summed E-state index contributed by atoms with van der Waals surface area (Å²) in [4.78, 5) is 11.1. The van der Waals surface area contributed by atoms with E-state index >= 15 is 0 Å². The van der Waals surface area contributed by atoms with Crippen LogP contribution in [0.3, 0.4) is 0 Å². The number of aryl methyl sites for hydroxylation is 1. The van der Waals surface area contributed by atoms with Crippen LogP contribution in [0.25, 0.3) is 5.69 Å². The lowest BCUT2D eigenvalue weighted by molar-refractivity contribution is -0.136. The Morgan fingerprint density at radius 1 is 1.35 bits per heavy atom. The SMILES string of the molecule is COc1ccc(-n2c(C)cc([C@H]3NC[C@@H](C(=O)O)S3)c2C)cc1. The average Bonchev–Trinajstić information content (AvgIpc) is 3.13. The van der Waals surface area contributed by atoms with Crippen LogP contribution in [0.5, 0.6) is 5.75 Å². The number of nitrogens with one attached hydrogen (secondary N) is 1. The molecule has 2 atom stereocenters. The molecule has 0 radical (unpaired) electrons. The van der Waals surface area contributed by atoms with Gasteiger partial charge in [-0.1, -0.05) is 0 Å². The molecule has 23 heavy (non-hydrogen) atoms. The third-order valence-corrected chi connectivity index (χ3v) is 5.54. The number of thioether (sulfide) groups is 1. The number of ether oxygens (including phenoxy) is 1. The van der Waals surface area contributed by atoms with Crippen molar-refractivity contribution in [1.29, 1.82) is 0 Å². The maximum absolute atomic E-state index is 11.1. The predicted octanol–water partition coefficient (Wildman–Crippen LogP) is 2.89. The maximum Gasteiger partial charge on any atom is 0.318 e. The van der Waals surface area contributed by atoms with Gasteiger partial charge in [0.05, 0.1) is 12.5 Å². The van der Waals surface area contributed by atoms with Gasteiger partial charge in [-0.25, -0.2) is 0 Å². The first-order valence-electron chi connectivity index (χ1n) is 7.46. The van der Waals surface area contributed by atoms with Crippen molar-refractivity contribution < 1.29 is 14.6 Å². The number of hydrogen-bond donors (Lipinski definition) is 2. The summed E-state index contributed by atoms with van der Waals surface area (Å²) in [6, 6.07) is 10.1. The molecule has 0 bridgehead atoms. The number of aliphatic carboxylic acids is 1. The van der Waals surface area contributed by atoms with Gasteiger partial charge in [0.25, 0.3) is 0 Å². The predicted molar refractivity (Wildman–Crippen MR) is 91.6 cm³/mol. The van der Waals surface area contributed by atoms with Gasteiger partial charge >= 0.3 is 5.97 Å². The van der Waals surface area contributed by atoms with E-state index in [9.17, 15) is 4.79 Å². The van der Waals surface area contributed by atoms with E-state index < -0.39 is 5.97 Å². The van der Waals surface area contributed by atoms with Crippen LogP contribution in [0, 0.1) is 13.8 Å². The number of hydrogen-bond acceptors (Lipinski definition) is 4. The molecule has 2 heterocycles. The summed E-state index contributed by atoms with van der Waals surface area (Å²) in [6.45, 7) is 4.63. The molecule has 1 aliphatic rings.